The predicted octanol–water partition coefficient (Wildman–Crippen LogP) is 6.35. The zero-order chi connectivity index (χ0) is 21.6. The van der Waals surface area contributed by atoms with Crippen molar-refractivity contribution in [3.8, 4) is 0 Å². The summed E-state index contributed by atoms with van der Waals surface area (Å²) in [6, 6.07) is 28.8. The molecule has 0 spiro atoms. The third-order valence-electron chi connectivity index (χ3n) is 6.34. The largest absolute Gasteiger partial charge is 0.289 e. The van der Waals surface area contributed by atoms with Crippen molar-refractivity contribution in [1.29, 1.82) is 0 Å². The first-order valence-electron chi connectivity index (χ1n) is 10.9. The molecule has 1 saturated heterocycles. The molecule has 0 saturated carbocycles. The molecule has 0 radical (unpaired) electrons. The molecule has 4 nitrogen and oxygen atoms in total. The molecular weight excluding hydrogens is 384 g/mol. The molecule has 1 heterocycles. The molecule has 4 heteroatoms. The van der Waals surface area contributed by atoms with Crippen LogP contribution in [0.2, 0.25) is 0 Å². The van der Waals surface area contributed by atoms with Crippen LogP contribution in [-0.4, -0.2) is 15.9 Å². The van der Waals surface area contributed by atoms with Crippen LogP contribution in [0.5, 0.6) is 0 Å². The van der Waals surface area contributed by atoms with Crippen molar-refractivity contribution in [1.82, 2.24) is 4.90 Å². The third-order valence-corrected chi connectivity index (χ3v) is 6.34. The van der Waals surface area contributed by atoms with E-state index in [0.717, 1.165) is 31.4 Å². The molecule has 0 amide bonds. The van der Waals surface area contributed by atoms with E-state index in [1.807, 2.05) is 18.2 Å². The SMILES string of the molecule is C=C[C@@H]1C[C@H](CCc2ccccc2)N(Cc2ccccc2)[C@H]1c1ccc([N+](=O)[O-])cc1. The van der Waals surface area contributed by atoms with E-state index < -0.39 is 0 Å². The van der Waals surface area contributed by atoms with Crippen LogP contribution in [-0.2, 0) is 13.0 Å². The summed E-state index contributed by atoms with van der Waals surface area (Å²) in [5.41, 5.74) is 3.89. The van der Waals surface area contributed by atoms with E-state index in [1.165, 1.54) is 11.1 Å². The lowest BCUT2D eigenvalue weighted by Gasteiger charge is -2.32. The normalized spacial score (nSPS) is 21.1. The Hall–Kier alpha value is -3.24. The van der Waals surface area contributed by atoms with Gasteiger partial charge in [-0.2, -0.15) is 0 Å². The minimum atomic E-state index is -0.339. The average molecular weight is 413 g/mol. The zero-order valence-electron chi connectivity index (χ0n) is 17.6. The van der Waals surface area contributed by atoms with Gasteiger partial charge in [-0.15, -0.1) is 6.58 Å². The second-order valence-corrected chi connectivity index (χ2v) is 8.26. The molecule has 4 rings (SSSR count). The van der Waals surface area contributed by atoms with E-state index in [2.05, 4.69) is 72.2 Å². The Morgan fingerprint density at radius 1 is 0.935 bits per heavy atom. The van der Waals surface area contributed by atoms with Crippen molar-refractivity contribution < 1.29 is 4.92 Å². The molecule has 0 bridgehead atoms. The van der Waals surface area contributed by atoms with E-state index in [0.29, 0.717) is 12.0 Å². The zero-order valence-corrected chi connectivity index (χ0v) is 17.6. The third kappa shape index (κ3) is 4.92. The van der Waals surface area contributed by atoms with Crippen LogP contribution < -0.4 is 0 Å². The highest BCUT2D eigenvalue weighted by molar-refractivity contribution is 5.35. The summed E-state index contributed by atoms with van der Waals surface area (Å²) in [5.74, 6) is 0.311. The Morgan fingerprint density at radius 3 is 2.13 bits per heavy atom. The maximum Gasteiger partial charge on any atom is 0.269 e. The number of hydrogen-bond donors (Lipinski definition) is 0. The summed E-state index contributed by atoms with van der Waals surface area (Å²) in [6.45, 7) is 4.98. The summed E-state index contributed by atoms with van der Waals surface area (Å²) >= 11 is 0. The molecule has 0 unspecified atom stereocenters. The van der Waals surface area contributed by atoms with Gasteiger partial charge in [0, 0.05) is 30.8 Å². The van der Waals surface area contributed by atoms with Crippen molar-refractivity contribution in [3.63, 3.8) is 0 Å². The lowest BCUT2D eigenvalue weighted by Crippen LogP contribution is -2.32. The smallest absolute Gasteiger partial charge is 0.269 e. The molecule has 3 aromatic rings. The number of benzene rings is 3. The molecule has 0 aliphatic carbocycles. The number of likely N-dealkylation sites (tertiary alicyclic amines) is 1. The lowest BCUT2D eigenvalue weighted by molar-refractivity contribution is -0.384. The van der Waals surface area contributed by atoms with Crippen LogP contribution in [0.15, 0.2) is 97.6 Å². The van der Waals surface area contributed by atoms with Gasteiger partial charge in [0.15, 0.2) is 0 Å². The minimum Gasteiger partial charge on any atom is -0.289 e. The molecule has 3 atom stereocenters. The minimum absolute atomic E-state index is 0.132. The highest BCUT2D eigenvalue weighted by Gasteiger charge is 2.40. The fraction of sp³-hybridized carbons (Fsp3) is 0.259. The van der Waals surface area contributed by atoms with Gasteiger partial charge in [-0.05, 0) is 41.9 Å². The second-order valence-electron chi connectivity index (χ2n) is 8.26. The standard InChI is InChI=1S/C27H28N2O2/c1-2-23-19-26(16-13-21-9-5-3-6-10-21)28(20-22-11-7-4-8-12-22)27(23)24-14-17-25(18-15-24)29(30)31/h2-12,14-15,17-18,23,26-27H,1,13,16,19-20H2/t23-,26+,27-/m1/s1. The van der Waals surface area contributed by atoms with Gasteiger partial charge in [-0.3, -0.25) is 15.0 Å². The highest BCUT2D eigenvalue weighted by atomic mass is 16.6. The van der Waals surface area contributed by atoms with Gasteiger partial charge in [-0.25, -0.2) is 0 Å². The van der Waals surface area contributed by atoms with E-state index in [9.17, 15) is 10.1 Å². The molecule has 1 aliphatic heterocycles. The van der Waals surface area contributed by atoms with Gasteiger partial charge >= 0.3 is 0 Å². The number of rotatable bonds is 8. The number of hydrogen-bond acceptors (Lipinski definition) is 3. The molecule has 0 aromatic heterocycles. The highest BCUT2D eigenvalue weighted by Crippen LogP contribution is 2.44. The molecule has 1 fully saturated rings. The molecule has 1 aliphatic rings. The molecule has 158 valence electrons. The van der Waals surface area contributed by atoms with E-state index >= 15 is 0 Å². The number of non-ortho nitro benzene ring substituents is 1. The van der Waals surface area contributed by atoms with Gasteiger partial charge in [0.2, 0.25) is 0 Å². The van der Waals surface area contributed by atoms with Crippen molar-refractivity contribution in [2.24, 2.45) is 5.92 Å². The first-order chi connectivity index (χ1) is 15.2. The van der Waals surface area contributed by atoms with Crippen LogP contribution >= 0.6 is 0 Å². The number of nitro benzene ring substituents is 1. The first-order valence-corrected chi connectivity index (χ1v) is 10.9. The van der Waals surface area contributed by atoms with Crippen LogP contribution in [0.4, 0.5) is 5.69 Å². The monoisotopic (exact) mass is 412 g/mol. The van der Waals surface area contributed by atoms with Crippen molar-refractivity contribution >= 4 is 5.69 Å². The summed E-state index contributed by atoms with van der Waals surface area (Å²) in [6.07, 6.45) is 5.22. The Balaban J connectivity index is 1.62. The van der Waals surface area contributed by atoms with Crippen molar-refractivity contribution in [2.75, 3.05) is 0 Å². The lowest BCUT2D eigenvalue weighted by atomic mass is 9.92. The topological polar surface area (TPSA) is 46.4 Å². The maximum atomic E-state index is 11.1. The number of nitro groups is 1. The first kappa shape index (κ1) is 21.0. The van der Waals surface area contributed by atoms with Crippen molar-refractivity contribution in [2.45, 2.75) is 37.9 Å². The van der Waals surface area contributed by atoms with E-state index in [-0.39, 0.29) is 16.7 Å². The summed E-state index contributed by atoms with van der Waals surface area (Å²) in [5, 5.41) is 11.1. The Labute approximate surface area is 184 Å². The fourth-order valence-corrected chi connectivity index (χ4v) is 4.79. The van der Waals surface area contributed by atoms with Gasteiger partial charge < -0.3 is 0 Å². The van der Waals surface area contributed by atoms with E-state index in [1.54, 1.807) is 12.1 Å². The molecule has 3 aromatic carbocycles. The number of aryl methyl sites for hydroxylation is 1. The van der Waals surface area contributed by atoms with E-state index in [4.69, 9.17) is 0 Å². The quantitative estimate of drug-likeness (QED) is 0.246. The molecular formula is C27H28N2O2. The Morgan fingerprint density at radius 2 is 1.55 bits per heavy atom. The maximum absolute atomic E-state index is 11.1. The van der Waals surface area contributed by atoms with Crippen LogP contribution in [0.1, 0.15) is 35.6 Å². The van der Waals surface area contributed by atoms with Gasteiger partial charge in [0.1, 0.15) is 0 Å². The molecule has 31 heavy (non-hydrogen) atoms. The molecule has 0 N–H and O–H groups in total. The average Bonchev–Trinajstić information content (AvgIpc) is 3.16. The van der Waals surface area contributed by atoms with Crippen LogP contribution in [0.25, 0.3) is 0 Å². The Kier molecular flexibility index (Phi) is 6.58. The van der Waals surface area contributed by atoms with Gasteiger partial charge in [-0.1, -0.05) is 78.9 Å². The van der Waals surface area contributed by atoms with Gasteiger partial charge in [0.25, 0.3) is 5.69 Å². The summed E-state index contributed by atoms with van der Waals surface area (Å²) < 4.78 is 0. The second kappa shape index (κ2) is 9.71. The predicted molar refractivity (Wildman–Crippen MR) is 125 cm³/mol. The van der Waals surface area contributed by atoms with Crippen molar-refractivity contribution in [3.05, 3.63) is 124 Å². The number of nitrogens with zero attached hydrogens (tertiary/aromatic N) is 2. The Bertz CT molecular complexity index is 1000. The van der Waals surface area contributed by atoms with Crippen LogP contribution in [0, 0.1) is 16.0 Å². The fourth-order valence-electron chi connectivity index (χ4n) is 4.79. The van der Waals surface area contributed by atoms with Gasteiger partial charge in [0.05, 0.1) is 4.92 Å². The van der Waals surface area contributed by atoms with Crippen LogP contribution in [0.3, 0.4) is 0 Å². The summed E-state index contributed by atoms with van der Waals surface area (Å²) in [4.78, 5) is 13.3. The summed E-state index contributed by atoms with van der Waals surface area (Å²) in [7, 11) is 0.